The third-order valence-corrected chi connectivity index (χ3v) is 13.7. The van der Waals surface area contributed by atoms with Crippen LogP contribution in [0.1, 0.15) is 159 Å². The number of sulfone groups is 2. The zero-order chi connectivity index (χ0) is 64.1. The summed E-state index contributed by atoms with van der Waals surface area (Å²) in [6.07, 6.45) is 0. The summed E-state index contributed by atoms with van der Waals surface area (Å²) in [4.78, 5) is 26.1. The number of aromatic hydroxyl groups is 1. The average Bonchev–Trinajstić information content (AvgIpc) is 3.74. The Morgan fingerprint density at radius 1 is 0.357 bits per heavy atom. The number of phenolic OH excluding ortho intramolecular Hbond substituents is 1. The van der Waals surface area contributed by atoms with Crippen LogP contribution in [0.5, 0.6) is 28.7 Å². The monoisotopic (exact) mass is 1560 g/mol. The molecular formula is C69H91I3O9S2V. The van der Waals surface area contributed by atoms with Crippen LogP contribution in [-0.2, 0) is 29.1 Å². The number of phenols is 1. The second kappa shape index (κ2) is 50.3. The molecule has 9 nitrogen and oxygen atoms in total. The fraction of sp³-hybridized carbons (Fsp3) is 0.275. The van der Waals surface area contributed by atoms with Crippen molar-refractivity contribution >= 4 is 95.2 Å². The zero-order valence-electron chi connectivity index (χ0n) is 52.6. The third-order valence-electron chi connectivity index (χ3n) is 10.2. The van der Waals surface area contributed by atoms with Gasteiger partial charge in [-0.25, -0.2) is 16.8 Å². The maximum absolute atomic E-state index is 12.8. The topological polar surface area (TPSA) is 141 Å². The minimum atomic E-state index is -3.60. The van der Waals surface area contributed by atoms with Crippen LogP contribution in [0.2, 0.25) is 0 Å². The quantitative estimate of drug-likeness (QED) is 0.0935. The molecule has 0 aromatic heterocycles. The van der Waals surface area contributed by atoms with Crippen molar-refractivity contribution in [3.63, 3.8) is 0 Å². The predicted octanol–water partition coefficient (Wildman–Crippen LogP) is 22.3. The number of hydrogen-bond donors (Lipinski definition) is 1. The molecule has 1 N–H and O–H groups in total. The summed E-state index contributed by atoms with van der Waals surface area (Å²) in [5.41, 5.74) is 4.81. The molecule has 0 aliphatic carbocycles. The summed E-state index contributed by atoms with van der Waals surface area (Å²) in [5.74, 6) is 1.62. The molecule has 0 bridgehead atoms. The van der Waals surface area contributed by atoms with E-state index in [1.54, 1.807) is 140 Å². The van der Waals surface area contributed by atoms with E-state index in [1.165, 1.54) is 30.3 Å². The van der Waals surface area contributed by atoms with Crippen molar-refractivity contribution in [3.05, 3.63) is 233 Å². The summed E-state index contributed by atoms with van der Waals surface area (Å²) in [7, 11) is -6.56. The normalized spacial score (nSPS) is 9.25. The van der Waals surface area contributed by atoms with Gasteiger partial charge in [-0.05, 0) is 160 Å². The number of rotatable bonds is 12. The van der Waals surface area contributed by atoms with Crippen LogP contribution in [-0.4, -0.2) is 33.5 Å². The molecule has 8 rings (SSSR count). The first-order chi connectivity index (χ1) is 40.1. The molecule has 0 amide bonds. The van der Waals surface area contributed by atoms with Crippen LogP contribution in [0.15, 0.2) is 214 Å². The summed E-state index contributed by atoms with van der Waals surface area (Å²) in [5, 5.41) is 9.87. The average molecular weight is 1560 g/mol. The van der Waals surface area contributed by atoms with Crippen molar-refractivity contribution in [3.8, 4) is 28.7 Å². The minimum absolute atomic E-state index is 0. The number of para-hydroxylation sites is 1. The Hall–Kier alpha value is -4.83. The second-order valence-electron chi connectivity index (χ2n) is 14.9. The van der Waals surface area contributed by atoms with E-state index < -0.39 is 19.7 Å². The van der Waals surface area contributed by atoms with E-state index in [-0.39, 0.29) is 66.4 Å². The molecule has 8 aromatic carbocycles. The second-order valence-corrected chi connectivity index (χ2v) is 30.6. The van der Waals surface area contributed by atoms with Gasteiger partial charge < -0.3 is 14.6 Å². The molecule has 0 aliphatic rings. The molecule has 0 saturated heterocycles. The van der Waals surface area contributed by atoms with E-state index in [0.29, 0.717) is 49.2 Å². The predicted molar refractivity (Wildman–Crippen MR) is 380 cm³/mol. The van der Waals surface area contributed by atoms with Gasteiger partial charge in [-0.3, -0.25) is 9.59 Å². The fourth-order valence-electron chi connectivity index (χ4n) is 6.51. The molecule has 8 aromatic rings. The summed E-state index contributed by atoms with van der Waals surface area (Å²) < 4.78 is 62.7. The number of carbonyl (C=O) groups is 2. The molecule has 459 valence electrons. The van der Waals surface area contributed by atoms with Crippen molar-refractivity contribution < 1.29 is 50.5 Å². The van der Waals surface area contributed by atoms with E-state index in [0.717, 1.165) is 16.7 Å². The van der Waals surface area contributed by atoms with E-state index in [4.69, 9.17) is 9.47 Å². The Morgan fingerprint density at radius 2 is 0.583 bits per heavy atom. The molecule has 15 heteroatoms. The van der Waals surface area contributed by atoms with Crippen molar-refractivity contribution in [1.29, 1.82) is 0 Å². The standard InChI is InChI=1S/C27H22O4S.C26H20O5S.8C2H6.3HI.V/c1-19-7-15-24(16-8-19)32(29,30)25-17-13-23(14-18-25)31-22-11-9-21(10-12-22)27(28)26-6-4-3-5-20(26)2;1-18-6-14-22(15-7-18)32(29,30)23-16-12-21(13-17-23)31-20-10-8-19(9-11-20)26(28)24-4-2-3-5-25(24)27;8*1-2;;;;/h3-18H,1-2H3;2-17,27H,1H3;8*1-2H3;3*1H;/q;;;;;;;;;;;;;+2/p-2. The van der Waals surface area contributed by atoms with Gasteiger partial charge in [0, 0.05) is 16.7 Å². The first-order valence-corrected chi connectivity index (χ1v) is 40.3. The van der Waals surface area contributed by atoms with Gasteiger partial charge in [0.1, 0.15) is 28.7 Å². The van der Waals surface area contributed by atoms with E-state index in [2.05, 4.69) is 40.0 Å². The number of ether oxygens (including phenoxy) is 2. The Kier molecular flexibility index (Phi) is 51.3. The van der Waals surface area contributed by atoms with Crippen LogP contribution >= 0.6 is 63.9 Å². The summed E-state index contributed by atoms with van der Waals surface area (Å²) in [6, 6.07) is 53.2. The van der Waals surface area contributed by atoms with Crippen LogP contribution in [0, 0.1) is 20.8 Å². The van der Waals surface area contributed by atoms with Crippen molar-refractivity contribution in [2.45, 2.75) is 151 Å². The Labute approximate surface area is 552 Å². The van der Waals surface area contributed by atoms with Gasteiger partial charge in [0.15, 0.2) is 11.6 Å². The van der Waals surface area contributed by atoms with Crippen LogP contribution in [0.3, 0.4) is 0 Å². The number of aryl methyl sites for hydroxylation is 3. The molecule has 0 aliphatic heterocycles. The first-order valence-electron chi connectivity index (χ1n) is 28.4. The van der Waals surface area contributed by atoms with Gasteiger partial charge >= 0.3 is 49.4 Å². The molecule has 0 heterocycles. The molecule has 0 unspecified atom stereocenters. The number of halogens is 3. The van der Waals surface area contributed by atoms with Gasteiger partial charge in [-0.15, -0.1) is 24.0 Å². The maximum atomic E-state index is 12.8. The van der Waals surface area contributed by atoms with E-state index in [9.17, 15) is 31.5 Å². The van der Waals surface area contributed by atoms with Gasteiger partial charge in [0.2, 0.25) is 19.7 Å². The number of hydrogen-bond acceptors (Lipinski definition) is 9. The fourth-order valence-corrected chi connectivity index (χ4v) is 9.03. The molecule has 0 radical (unpaired) electrons. The Balaban J connectivity index is -0.000000587. The zero-order valence-corrected chi connectivity index (χ0v) is 62.3. The van der Waals surface area contributed by atoms with Crippen molar-refractivity contribution in [1.82, 2.24) is 0 Å². The van der Waals surface area contributed by atoms with E-state index >= 15 is 0 Å². The molecule has 0 atom stereocenters. The van der Waals surface area contributed by atoms with E-state index in [1.807, 2.05) is 156 Å². The number of carbonyl (C=O) groups excluding carboxylic acids is 2. The summed E-state index contributed by atoms with van der Waals surface area (Å²) in [6.45, 7) is 37.7. The summed E-state index contributed by atoms with van der Waals surface area (Å²) >= 11 is 4.74. The molecule has 84 heavy (non-hydrogen) atoms. The van der Waals surface area contributed by atoms with Crippen LogP contribution < -0.4 is 9.47 Å². The van der Waals surface area contributed by atoms with Crippen LogP contribution in [0.4, 0.5) is 0 Å². The first kappa shape index (κ1) is 85.6. The third kappa shape index (κ3) is 28.6. The SMILES string of the molecule is CC.CC.CC.CC.CC.CC.CC.CC.Cc1ccc(S(=O)(=O)c2ccc(Oc3ccc(C(=O)c4ccccc4C)cc3)cc2)cc1.Cc1ccc(S(=O)(=O)c2ccc(Oc3ccc(C(=O)c4ccccc4O)cc3)cc2)cc1.I.[I][V][I]. The Bertz CT molecular complexity index is 2980. The Morgan fingerprint density at radius 3 is 0.857 bits per heavy atom. The van der Waals surface area contributed by atoms with Gasteiger partial charge in [-0.2, -0.15) is 0 Å². The molecular weight excluding hydrogens is 1470 g/mol. The number of benzene rings is 8. The van der Waals surface area contributed by atoms with Gasteiger partial charge in [0.05, 0.1) is 25.1 Å². The van der Waals surface area contributed by atoms with Crippen molar-refractivity contribution in [2.24, 2.45) is 0 Å². The molecule has 0 fully saturated rings. The van der Waals surface area contributed by atoms with Gasteiger partial charge in [-0.1, -0.05) is 183 Å². The molecule has 0 spiro atoms. The van der Waals surface area contributed by atoms with Gasteiger partial charge in [0.25, 0.3) is 0 Å². The number of ketones is 2. The molecule has 0 saturated carbocycles. The van der Waals surface area contributed by atoms with Crippen LogP contribution in [0.25, 0.3) is 0 Å². The van der Waals surface area contributed by atoms with Crippen molar-refractivity contribution in [2.75, 3.05) is 0 Å².